The van der Waals surface area contributed by atoms with Crippen molar-refractivity contribution in [1.82, 2.24) is 0 Å². The van der Waals surface area contributed by atoms with E-state index in [0.717, 1.165) is 33.7 Å². The molecule has 2 nitrogen and oxygen atoms in total. The number of methoxy groups -OCH3 is 1. The van der Waals surface area contributed by atoms with Gasteiger partial charge in [0.15, 0.2) is 11.4 Å². The van der Waals surface area contributed by atoms with Gasteiger partial charge in [-0.15, -0.1) is 0 Å². The zero-order chi connectivity index (χ0) is 20.4. The van der Waals surface area contributed by atoms with Crippen molar-refractivity contribution in [2.24, 2.45) is 0 Å². The zero-order valence-electron chi connectivity index (χ0n) is 17.4. The number of hydrogen-bond acceptors (Lipinski definition) is 1. The topological polar surface area (TPSA) is 13.1 Å². The maximum Gasteiger partial charge on any atom is 0.212 e. The molecule has 29 heavy (non-hydrogen) atoms. The molecule has 0 aliphatic heterocycles. The molecule has 0 atom stereocenters. The molecule has 0 fully saturated rings. The van der Waals surface area contributed by atoms with Crippen LogP contribution in [-0.2, 0) is 0 Å². The van der Waals surface area contributed by atoms with Gasteiger partial charge >= 0.3 is 0 Å². The number of nitrogens with zero attached hydrogens (tertiary/aromatic N) is 1. The second-order valence-corrected chi connectivity index (χ2v) is 7.46. The normalized spacial score (nSPS) is 10.8. The van der Waals surface area contributed by atoms with Crippen molar-refractivity contribution in [2.75, 3.05) is 7.11 Å². The Morgan fingerprint density at radius 1 is 0.621 bits per heavy atom. The lowest BCUT2D eigenvalue weighted by molar-refractivity contribution is -0.609. The van der Waals surface area contributed by atoms with E-state index in [1.165, 1.54) is 17.0 Å². The molecule has 0 spiro atoms. The van der Waals surface area contributed by atoms with Gasteiger partial charge in [0.25, 0.3) is 0 Å². The van der Waals surface area contributed by atoms with Gasteiger partial charge in [0.1, 0.15) is 5.75 Å². The third kappa shape index (κ3) is 3.66. The molecule has 0 aliphatic carbocycles. The van der Waals surface area contributed by atoms with Crippen molar-refractivity contribution in [1.29, 1.82) is 0 Å². The van der Waals surface area contributed by atoms with Crippen molar-refractivity contribution in [3.63, 3.8) is 0 Å². The van der Waals surface area contributed by atoms with Gasteiger partial charge in [0.05, 0.1) is 7.11 Å². The van der Waals surface area contributed by atoms with Crippen LogP contribution < -0.4 is 9.30 Å². The molecule has 0 N–H and O–H groups in total. The van der Waals surface area contributed by atoms with Gasteiger partial charge in [0.2, 0.25) is 5.69 Å². The van der Waals surface area contributed by atoms with E-state index in [1.54, 1.807) is 7.11 Å². The summed E-state index contributed by atoms with van der Waals surface area (Å²) in [4.78, 5) is 0. The molecule has 0 aliphatic rings. The fourth-order valence-corrected chi connectivity index (χ4v) is 4.14. The van der Waals surface area contributed by atoms with Crippen LogP contribution in [-0.4, -0.2) is 7.11 Å². The van der Waals surface area contributed by atoms with Crippen molar-refractivity contribution in [3.8, 4) is 33.7 Å². The number of aromatic nitrogens is 1. The maximum absolute atomic E-state index is 5.95. The molecule has 2 heteroatoms. The minimum absolute atomic E-state index is 0.897. The molecule has 4 aromatic rings. The molecule has 1 heterocycles. The first-order chi connectivity index (χ1) is 14.1. The van der Waals surface area contributed by atoms with E-state index in [1.807, 2.05) is 12.1 Å². The van der Waals surface area contributed by atoms with Crippen LogP contribution in [0.25, 0.3) is 27.9 Å². The summed E-state index contributed by atoms with van der Waals surface area (Å²) in [6.07, 6.45) is 0. The SMILES string of the molecule is COc1c(-c2ccccc2)cc(-[n+]2c(C)cc(C)cc2C)cc1-c1ccccc1. The second-order valence-electron chi connectivity index (χ2n) is 7.46. The third-order valence-electron chi connectivity index (χ3n) is 5.28. The summed E-state index contributed by atoms with van der Waals surface area (Å²) in [7, 11) is 1.75. The van der Waals surface area contributed by atoms with Crippen molar-refractivity contribution >= 4 is 0 Å². The summed E-state index contributed by atoms with van der Waals surface area (Å²) in [6, 6.07) is 29.8. The first-order valence-corrected chi connectivity index (χ1v) is 9.91. The lowest BCUT2D eigenvalue weighted by Crippen LogP contribution is -2.37. The van der Waals surface area contributed by atoms with E-state index in [0.29, 0.717) is 0 Å². The summed E-state index contributed by atoms with van der Waals surface area (Å²) in [5, 5.41) is 0. The van der Waals surface area contributed by atoms with Gasteiger partial charge in [-0.2, -0.15) is 4.57 Å². The Morgan fingerprint density at radius 2 is 1.07 bits per heavy atom. The lowest BCUT2D eigenvalue weighted by atomic mass is 9.95. The van der Waals surface area contributed by atoms with Crippen LogP contribution in [0.4, 0.5) is 0 Å². The first-order valence-electron chi connectivity index (χ1n) is 9.91. The highest BCUT2D eigenvalue weighted by Gasteiger charge is 2.22. The number of rotatable bonds is 4. The van der Waals surface area contributed by atoms with E-state index in [2.05, 4.69) is 98.1 Å². The zero-order valence-corrected chi connectivity index (χ0v) is 17.4. The predicted octanol–water partition coefficient (Wildman–Crippen LogP) is 6.23. The van der Waals surface area contributed by atoms with E-state index in [-0.39, 0.29) is 0 Å². The number of aryl methyl sites for hydroxylation is 3. The minimum atomic E-state index is 0.897. The molecule has 144 valence electrons. The van der Waals surface area contributed by atoms with Crippen LogP contribution in [0.2, 0.25) is 0 Å². The molecule has 0 radical (unpaired) electrons. The van der Waals surface area contributed by atoms with E-state index < -0.39 is 0 Å². The lowest BCUT2D eigenvalue weighted by Gasteiger charge is -2.16. The number of hydrogen-bond donors (Lipinski definition) is 0. The van der Waals surface area contributed by atoms with E-state index in [4.69, 9.17) is 4.74 Å². The Kier molecular flexibility index (Phi) is 5.18. The third-order valence-corrected chi connectivity index (χ3v) is 5.28. The molecule has 0 saturated heterocycles. The Morgan fingerprint density at radius 3 is 1.48 bits per heavy atom. The van der Waals surface area contributed by atoms with Crippen molar-refractivity contribution < 1.29 is 9.30 Å². The average Bonchev–Trinajstić information content (AvgIpc) is 2.73. The highest BCUT2D eigenvalue weighted by Crippen LogP contribution is 2.40. The van der Waals surface area contributed by atoms with Crippen LogP contribution >= 0.6 is 0 Å². The fraction of sp³-hybridized carbons (Fsp3) is 0.148. The van der Waals surface area contributed by atoms with Gasteiger partial charge in [0, 0.05) is 49.2 Å². The van der Waals surface area contributed by atoms with Gasteiger partial charge in [-0.25, -0.2) is 0 Å². The average molecular weight is 381 g/mol. The predicted molar refractivity (Wildman–Crippen MR) is 120 cm³/mol. The highest BCUT2D eigenvalue weighted by atomic mass is 16.5. The number of ether oxygens (including phenoxy) is 1. The van der Waals surface area contributed by atoms with Crippen LogP contribution in [0.5, 0.6) is 5.75 Å². The molecule has 0 saturated carbocycles. The van der Waals surface area contributed by atoms with Crippen LogP contribution in [0.3, 0.4) is 0 Å². The van der Waals surface area contributed by atoms with E-state index >= 15 is 0 Å². The molecule has 4 rings (SSSR count). The van der Waals surface area contributed by atoms with Gasteiger partial charge in [-0.1, -0.05) is 60.7 Å². The quantitative estimate of drug-likeness (QED) is 0.382. The molecule has 0 unspecified atom stereocenters. The van der Waals surface area contributed by atoms with Crippen LogP contribution in [0, 0.1) is 20.8 Å². The molecular formula is C27H26NO+. The fourth-order valence-electron chi connectivity index (χ4n) is 4.14. The van der Waals surface area contributed by atoms with E-state index in [9.17, 15) is 0 Å². The molecule has 0 bridgehead atoms. The van der Waals surface area contributed by atoms with Crippen LogP contribution in [0.15, 0.2) is 84.9 Å². The molecule has 3 aromatic carbocycles. The van der Waals surface area contributed by atoms with Crippen molar-refractivity contribution in [2.45, 2.75) is 20.8 Å². The summed E-state index contributed by atoms with van der Waals surface area (Å²) in [5.41, 5.74) is 9.32. The summed E-state index contributed by atoms with van der Waals surface area (Å²) in [6.45, 7) is 6.46. The minimum Gasteiger partial charge on any atom is -0.495 e. The number of pyridine rings is 1. The number of benzene rings is 3. The Bertz CT molecular complexity index is 1060. The second kappa shape index (κ2) is 7.92. The van der Waals surface area contributed by atoms with Gasteiger partial charge in [-0.05, 0) is 23.6 Å². The maximum atomic E-state index is 5.95. The summed E-state index contributed by atoms with van der Waals surface area (Å²) < 4.78 is 8.26. The van der Waals surface area contributed by atoms with Crippen molar-refractivity contribution in [3.05, 3.63) is 102 Å². The highest BCUT2D eigenvalue weighted by molar-refractivity contribution is 5.84. The summed E-state index contributed by atoms with van der Waals surface area (Å²) in [5.74, 6) is 0.897. The smallest absolute Gasteiger partial charge is 0.212 e. The Balaban J connectivity index is 2.06. The molecular weight excluding hydrogens is 354 g/mol. The monoisotopic (exact) mass is 380 g/mol. The first kappa shape index (κ1) is 18.9. The largest absolute Gasteiger partial charge is 0.495 e. The molecule has 1 aromatic heterocycles. The Hall–Kier alpha value is -3.39. The summed E-state index contributed by atoms with van der Waals surface area (Å²) >= 11 is 0. The van der Waals surface area contributed by atoms with Gasteiger partial charge < -0.3 is 4.74 Å². The van der Waals surface area contributed by atoms with Crippen LogP contribution in [0.1, 0.15) is 17.0 Å². The Labute approximate surface area is 173 Å². The standard InChI is InChI=1S/C27H26NO/c1-19-15-20(2)28(21(3)16-19)24-17-25(22-11-7-5-8-12-22)27(29-4)26(18-24)23-13-9-6-10-14-23/h5-18H,1-4H3/q+1. The van der Waals surface area contributed by atoms with Gasteiger partial charge in [-0.3, -0.25) is 0 Å². The molecule has 0 amide bonds.